The molecule has 21 heavy (non-hydrogen) atoms. The molecule has 0 amide bonds. The summed E-state index contributed by atoms with van der Waals surface area (Å²) in [5.41, 5.74) is 0.751. The minimum absolute atomic E-state index is 0.0336. The van der Waals surface area contributed by atoms with Crippen molar-refractivity contribution in [2.45, 2.75) is 11.8 Å². The molecule has 4 nitrogen and oxygen atoms in total. The Balaban J connectivity index is 2.46. The Morgan fingerprint density at radius 1 is 1.14 bits per heavy atom. The number of aromatic nitrogens is 1. The molecule has 0 atom stereocenters. The molecule has 0 aliphatic carbocycles. The summed E-state index contributed by atoms with van der Waals surface area (Å²) in [5, 5.41) is 0. The van der Waals surface area contributed by atoms with Gasteiger partial charge < -0.3 is 0 Å². The highest BCUT2D eigenvalue weighted by atomic mass is 79.9. The van der Waals surface area contributed by atoms with Crippen molar-refractivity contribution in [3.8, 4) is 0 Å². The third-order valence-corrected chi connectivity index (χ3v) is 5.67. The van der Waals surface area contributed by atoms with Crippen molar-refractivity contribution in [1.29, 1.82) is 0 Å². The molecule has 9 heteroatoms. The Bertz CT molecular complexity index is 790. The number of hydrogen-bond acceptors (Lipinski definition) is 3. The minimum Gasteiger partial charge on any atom is -0.263 e. The molecule has 0 aliphatic heterocycles. The summed E-state index contributed by atoms with van der Waals surface area (Å²) >= 11 is 6.08. The van der Waals surface area contributed by atoms with Crippen LogP contribution in [0.3, 0.4) is 0 Å². The summed E-state index contributed by atoms with van der Waals surface area (Å²) in [5.74, 6) is -2.04. The monoisotopic (exact) mass is 440 g/mol. The van der Waals surface area contributed by atoms with Crippen LogP contribution in [0.25, 0.3) is 0 Å². The number of nitrogens with one attached hydrogen (secondary N) is 1. The van der Waals surface area contributed by atoms with Crippen LogP contribution < -0.4 is 4.72 Å². The fourth-order valence-electron chi connectivity index (χ4n) is 1.57. The van der Waals surface area contributed by atoms with Crippen LogP contribution in [0.2, 0.25) is 0 Å². The molecular formula is C12H8Br2F2N2O2S. The predicted molar refractivity (Wildman–Crippen MR) is 81.5 cm³/mol. The second-order valence-electron chi connectivity index (χ2n) is 4.12. The molecule has 2 aromatic rings. The maximum absolute atomic E-state index is 13.7. The van der Waals surface area contributed by atoms with E-state index >= 15 is 0 Å². The van der Waals surface area contributed by atoms with Crippen molar-refractivity contribution >= 4 is 47.7 Å². The Morgan fingerprint density at radius 3 is 2.38 bits per heavy atom. The number of anilines is 1. The van der Waals surface area contributed by atoms with Crippen LogP contribution >= 0.6 is 31.9 Å². The molecule has 0 saturated carbocycles. The van der Waals surface area contributed by atoms with E-state index in [0.29, 0.717) is 10.5 Å². The summed E-state index contributed by atoms with van der Waals surface area (Å²) in [6.45, 7) is 1.75. The Morgan fingerprint density at radius 2 is 1.81 bits per heavy atom. The van der Waals surface area contributed by atoms with Crippen LogP contribution in [0.5, 0.6) is 0 Å². The quantitative estimate of drug-likeness (QED) is 0.783. The zero-order chi connectivity index (χ0) is 15.8. The highest BCUT2D eigenvalue weighted by Crippen LogP contribution is 2.28. The SMILES string of the molecule is Cc1cc(NS(=O)(=O)c2c(F)cc(F)cc2Br)ncc1Br. The lowest BCUT2D eigenvalue weighted by molar-refractivity contribution is 0.548. The zero-order valence-electron chi connectivity index (χ0n) is 10.5. The first-order valence-corrected chi connectivity index (χ1v) is 8.57. The lowest BCUT2D eigenvalue weighted by Gasteiger charge is -2.11. The number of nitrogens with zero attached hydrogens (tertiary/aromatic N) is 1. The van der Waals surface area contributed by atoms with E-state index in [1.54, 1.807) is 6.92 Å². The summed E-state index contributed by atoms with van der Waals surface area (Å²) in [6, 6.07) is 2.86. The van der Waals surface area contributed by atoms with E-state index in [-0.39, 0.29) is 10.3 Å². The second-order valence-corrected chi connectivity index (χ2v) is 7.45. The molecule has 0 aliphatic rings. The third-order valence-electron chi connectivity index (χ3n) is 2.52. The summed E-state index contributed by atoms with van der Waals surface area (Å²) in [4.78, 5) is 3.20. The zero-order valence-corrected chi connectivity index (χ0v) is 14.5. The molecule has 0 fully saturated rings. The summed E-state index contributed by atoms with van der Waals surface area (Å²) < 4.78 is 53.8. The number of sulfonamides is 1. The van der Waals surface area contributed by atoms with E-state index in [4.69, 9.17) is 0 Å². The molecule has 1 aromatic carbocycles. The second kappa shape index (κ2) is 5.98. The van der Waals surface area contributed by atoms with Crippen molar-refractivity contribution in [1.82, 2.24) is 4.98 Å². The number of benzene rings is 1. The van der Waals surface area contributed by atoms with Gasteiger partial charge in [-0.2, -0.15) is 0 Å². The average molecular weight is 442 g/mol. The lowest BCUT2D eigenvalue weighted by atomic mass is 10.3. The number of aryl methyl sites for hydroxylation is 1. The maximum atomic E-state index is 13.7. The van der Waals surface area contributed by atoms with Gasteiger partial charge in [0.1, 0.15) is 22.3 Å². The van der Waals surface area contributed by atoms with Gasteiger partial charge in [-0.1, -0.05) is 0 Å². The van der Waals surface area contributed by atoms with E-state index in [9.17, 15) is 17.2 Å². The summed E-state index contributed by atoms with van der Waals surface area (Å²) in [6.07, 6.45) is 1.42. The van der Waals surface area contributed by atoms with Gasteiger partial charge in [0, 0.05) is 21.2 Å². The first kappa shape index (κ1) is 16.3. The molecule has 112 valence electrons. The summed E-state index contributed by atoms with van der Waals surface area (Å²) in [7, 11) is -4.24. The predicted octanol–water partition coefficient (Wildman–Crippen LogP) is 3.99. The lowest BCUT2D eigenvalue weighted by Crippen LogP contribution is -2.16. The molecule has 0 saturated heterocycles. The van der Waals surface area contributed by atoms with Gasteiger partial charge in [0.2, 0.25) is 0 Å². The third kappa shape index (κ3) is 3.58. The van der Waals surface area contributed by atoms with E-state index in [2.05, 4.69) is 41.6 Å². The van der Waals surface area contributed by atoms with Gasteiger partial charge >= 0.3 is 0 Å². The maximum Gasteiger partial charge on any atom is 0.267 e. The minimum atomic E-state index is -4.24. The van der Waals surface area contributed by atoms with Gasteiger partial charge in [-0.25, -0.2) is 22.2 Å². The smallest absolute Gasteiger partial charge is 0.263 e. The first-order chi connectivity index (χ1) is 9.70. The Labute approximate surface area is 136 Å². The molecule has 1 aromatic heterocycles. The average Bonchev–Trinajstić information content (AvgIpc) is 2.31. The molecule has 0 spiro atoms. The van der Waals surface area contributed by atoms with E-state index < -0.39 is 26.6 Å². The van der Waals surface area contributed by atoms with Crippen LogP contribution in [0.1, 0.15) is 5.56 Å². The standard InChI is InChI=1S/C12H8Br2F2N2O2S/c1-6-2-11(17-5-9(6)14)18-21(19,20)12-8(13)3-7(15)4-10(12)16/h2-5H,1H3,(H,17,18). The van der Waals surface area contributed by atoms with Gasteiger partial charge in [-0.05, 0) is 56.5 Å². The van der Waals surface area contributed by atoms with Crippen molar-refractivity contribution in [3.05, 3.63) is 50.5 Å². The normalized spacial score (nSPS) is 11.5. The van der Waals surface area contributed by atoms with Gasteiger partial charge in [-0.3, -0.25) is 4.72 Å². The van der Waals surface area contributed by atoms with Crippen LogP contribution in [0.15, 0.2) is 38.2 Å². The van der Waals surface area contributed by atoms with Gasteiger partial charge in [0.15, 0.2) is 0 Å². The van der Waals surface area contributed by atoms with E-state index in [1.165, 1.54) is 12.3 Å². The van der Waals surface area contributed by atoms with Crippen LogP contribution in [-0.4, -0.2) is 13.4 Å². The molecule has 2 rings (SSSR count). The fourth-order valence-corrected chi connectivity index (χ4v) is 3.95. The number of rotatable bonds is 3. The van der Waals surface area contributed by atoms with Crippen LogP contribution in [0, 0.1) is 18.6 Å². The highest BCUT2D eigenvalue weighted by Gasteiger charge is 2.24. The van der Waals surface area contributed by atoms with Crippen LogP contribution in [0.4, 0.5) is 14.6 Å². The number of pyridine rings is 1. The molecule has 0 bridgehead atoms. The number of halogens is 4. The van der Waals surface area contributed by atoms with Crippen molar-refractivity contribution < 1.29 is 17.2 Å². The van der Waals surface area contributed by atoms with Gasteiger partial charge in [0.25, 0.3) is 10.0 Å². The largest absolute Gasteiger partial charge is 0.267 e. The van der Waals surface area contributed by atoms with Crippen molar-refractivity contribution in [3.63, 3.8) is 0 Å². The van der Waals surface area contributed by atoms with Crippen molar-refractivity contribution in [2.75, 3.05) is 4.72 Å². The van der Waals surface area contributed by atoms with Crippen molar-refractivity contribution in [2.24, 2.45) is 0 Å². The van der Waals surface area contributed by atoms with Gasteiger partial charge in [-0.15, -0.1) is 0 Å². The first-order valence-electron chi connectivity index (χ1n) is 5.50. The molecular weight excluding hydrogens is 434 g/mol. The molecule has 0 unspecified atom stereocenters. The van der Waals surface area contributed by atoms with Gasteiger partial charge in [0.05, 0.1) is 0 Å². The van der Waals surface area contributed by atoms with E-state index in [1.807, 2.05) is 0 Å². The molecule has 1 heterocycles. The number of hydrogen-bond donors (Lipinski definition) is 1. The molecule has 1 N–H and O–H groups in total. The Kier molecular flexibility index (Phi) is 4.64. The molecule has 0 radical (unpaired) electrons. The topological polar surface area (TPSA) is 59.1 Å². The van der Waals surface area contributed by atoms with Crippen LogP contribution in [-0.2, 0) is 10.0 Å². The van der Waals surface area contributed by atoms with E-state index in [0.717, 1.165) is 11.6 Å². The fraction of sp³-hybridized carbons (Fsp3) is 0.0833. The Hall–Kier alpha value is -1.06. The highest BCUT2D eigenvalue weighted by molar-refractivity contribution is 9.10.